The number of rotatable bonds is 4. The van der Waals surface area contributed by atoms with E-state index in [4.69, 9.17) is 17.3 Å². The number of nitrogens with two attached hydrogens (primary N) is 1. The van der Waals surface area contributed by atoms with Crippen molar-refractivity contribution in [1.82, 2.24) is 4.98 Å². The molecule has 0 unspecified atom stereocenters. The molecule has 18 heavy (non-hydrogen) atoms. The number of nitrogens with zero attached hydrogens (tertiary/aromatic N) is 1. The van der Waals surface area contributed by atoms with Crippen LogP contribution >= 0.6 is 11.6 Å². The molecule has 4 nitrogen and oxygen atoms in total. The zero-order chi connectivity index (χ0) is 13.0. The van der Waals surface area contributed by atoms with Gasteiger partial charge >= 0.3 is 0 Å². The van der Waals surface area contributed by atoms with E-state index in [0.29, 0.717) is 22.9 Å². The number of hydrogen-bond donors (Lipinski definition) is 2. The van der Waals surface area contributed by atoms with Crippen LogP contribution in [-0.4, -0.2) is 10.9 Å². The van der Waals surface area contributed by atoms with Gasteiger partial charge < -0.3 is 11.1 Å². The number of amides is 1. The number of primary amides is 1. The van der Waals surface area contributed by atoms with Crippen LogP contribution in [0.4, 0.5) is 5.82 Å². The van der Waals surface area contributed by atoms with Crippen molar-refractivity contribution in [3.8, 4) is 0 Å². The molecule has 0 saturated heterocycles. The SMILES string of the molecule is NC(=O)c1ccc(NCc2cccc(Cl)c2)nc1. The van der Waals surface area contributed by atoms with Gasteiger partial charge in [0, 0.05) is 17.8 Å². The molecule has 1 aromatic heterocycles. The Morgan fingerprint density at radius 2 is 2.17 bits per heavy atom. The summed E-state index contributed by atoms with van der Waals surface area (Å²) in [6.07, 6.45) is 1.45. The third kappa shape index (κ3) is 3.21. The van der Waals surface area contributed by atoms with Crippen LogP contribution in [0, 0.1) is 0 Å². The molecule has 0 radical (unpaired) electrons. The van der Waals surface area contributed by atoms with Gasteiger partial charge in [0.05, 0.1) is 5.56 Å². The van der Waals surface area contributed by atoms with E-state index in [1.165, 1.54) is 6.20 Å². The average Bonchev–Trinajstić information content (AvgIpc) is 2.37. The summed E-state index contributed by atoms with van der Waals surface area (Å²) in [4.78, 5) is 15.0. The van der Waals surface area contributed by atoms with Crippen molar-refractivity contribution in [2.24, 2.45) is 5.73 Å². The first kappa shape index (κ1) is 12.4. The topological polar surface area (TPSA) is 68.0 Å². The maximum atomic E-state index is 10.9. The number of hydrogen-bond acceptors (Lipinski definition) is 3. The zero-order valence-corrected chi connectivity index (χ0v) is 10.3. The number of nitrogens with one attached hydrogen (secondary N) is 1. The lowest BCUT2D eigenvalue weighted by Crippen LogP contribution is -2.11. The van der Waals surface area contributed by atoms with E-state index in [9.17, 15) is 4.79 Å². The Labute approximate surface area is 110 Å². The van der Waals surface area contributed by atoms with Crippen molar-refractivity contribution in [2.75, 3.05) is 5.32 Å². The fraction of sp³-hybridized carbons (Fsp3) is 0.0769. The molecule has 1 amide bonds. The van der Waals surface area contributed by atoms with Gasteiger partial charge in [0.1, 0.15) is 5.82 Å². The molecular weight excluding hydrogens is 250 g/mol. The van der Waals surface area contributed by atoms with Crippen LogP contribution in [0.3, 0.4) is 0 Å². The number of aromatic nitrogens is 1. The fourth-order valence-electron chi connectivity index (χ4n) is 1.48. The molecule has 0 saturated carbocycles. The summed E-state index contributed by atoms with van der Waals surface area (Å²) in [7, 11) is 0. The maximum Gasteiger partial charge on any atom is 0.250 e. The molecule has 0 aliphatic heterocycles. The highest BCUT2D eigenvalue weighted by atomic mass is 35.5. The highest BCUT2D eigenvalue weighted by Crippen LogP contribution is 2.12. The van der Waals surface area contributed by atoms with Crippen LogP contribution in [0.1, 0.15) is 15.9 Å². The smallest absolute Gasteiger partial charge is 0.250 e. The molecule has 1 aromatic carbocycles. The Hall–Kier alpha value is -2.07. The normalized spacial score (nSPS) is 10.1. The number of pyridine rings is 1. The molecule has 5 heteroatoms. The molecule has 3 N–H and O–H groups in total. The molecule has 2 rings (SSSR count). The molecule has 1 heterocycles. The molecule has 2 aromatic rings. The first-order chi connectivity index (χ1) is 8.65. The molecule has 0 aliphatic carbocycles. The molecule has 92 valence electrons. The van der Waals surface area contributed by atoms with Gasteiger partial charge in [0.25, 0.3) is 0 Å². The van der Waals surface area contributed by atoms with E-state index in [1.54, 1.807) is 12.1 Å². The number of carbonyl (C=O) groups is 1. The minimum Gasteiger partial charge on any atom is -0.366 e. The zero-order valence-electron chi connectivity index (χ0n) is 9.56. The van der Waals surface area contributed by atoms with Gasteiger partial charge in [-0.25, -0.2) is 4.98 Å². The van der Waals surface area contributed by atoms with Crippen LogP contribution in [0.5, 0.6) is 0 Å². The third-order valence-electron chi connectivity index (χ3n) is 2.41. The first-order valence-corrected chi connectivity index (χ1v) is 5.77. The van der Waals surface area contributed by atoms with Crippen LogP contribution in [0.2, 0.25) is 5.02 Å². The lowest BCUT2D eigenvalue weighted by Gasteiger charge is -2.06. The number of benzene rings is 1. The van der Waals surface area contributed by atoms with E-state index >= 15 is 0 Å². The van der Waals surface area contributed by atoms with E-state index in [0.717, 1.165) is 5.56 Å². The van der Waals surface area contributed by atoms with Crippen molar-refractivity contribution < 1.29 is 4.79 Å². The van der Waals surface area contributed by atoms with Gasteiger partial charge in [0.2, 0.25) is 5.91 Å². The predicted octanol–water partition coefficient (Wildman–Crippen LogP) is 2.45. The van der Waals surface area contributed by atoms with E-state index in [2.05, 4.69) is 10.3 Å². The fourth-order valence-corrected chi connectivity index (χ4v) is 1.70. The summed E-state index contributed by atoms with van der Waals surface area (Å²) in [6.45, 7) is 0.615. The van der Waals surface area contributed by atoms with Crippen LogP contribution in [0.25, 0.3) is 0 Å². The Morgan fingerprint density at radius 3 is 2.78 bits per heavy atom. The number of anilines is 1. The largest absolute Gasteiger partial charge is 0.366 e. The van der Waals surface area contributed by atoms with Gasteiger partial charge in [-0.15, -0.1) is 0 Å². The van der Waals surface area contributed by atoms with Crippen LogP contribution in [0.15, 0.2) is 42.6 Å². The summed E-state index contributed by atoms with van der Waals surface area (Å²) < 4.78 is 0. The van der Waals surface area contributed by atoms with Crippen molar-refractivity contribution >= 4 is 23.3 Å². The van der Waals surface area contributed by atoms with E-state index in [-0.39, 0.29) is 0 Å². The summed E-state index contributed by atoms with van der Waals surface area (Å²) >= 11 is 5.89. The minimum absolute atomic E-state index is 0.392. The summed E-state index contributed by atoms with van der Waals surface area (Å²) in [5.41, 5.74) is 6.58. The Balaban J connectivity index is 2.00. The summed E-state index contributed by atoms with van der Waals surface area (Å²) in [5.74, 6) is 0.198. The van der Waals surface area contributed by atoms with Gasteiger partial charge in [-0.2, -0.15) is 0 Å². The van der Waals surface area contributed by atoms with Crippen molar-refractivity contribution in [2.45, 2.75) is 6.54 Å². The monoisotopic (exact) mass is 261 g/mol. The summed E-state index contributed by atoms with van der Waals surface area (Å²) in [5, 5.41) is 3.83. The van der Waals surface area contributed by atoms with Crippen LogP contribution in [-0.2, 0) is 6.54 Å². The predicted molar refractivity (Wildman–Crippen MR) is 71.5 cm³/mol. The van der Waals surface area contributed by atoms with E-state index < -0.39 is 5.91 Å². The second-order valence-electron chi connectivity index (χ2n) is 3.78. The molecule has 0 bridgehead atoms. The standard InChI is InChI=1S/C13H12ClN3O/c14-11-3-1-2-9(6-11)7-16-12-5-4-10(8-17-12)13(15)18/h1-6,8H,7H2,(H2,15,18)(H,16,17). The quantitative estimate of drug-likeness (QED) is 0.888. The lowest BCUT2D eigenvalue weighted by molar-refractivity contribution is 0.1000. The molecule has 0 fully saturated rings. The molecular formula is C13H12ClN3O. The summed E-state index contributed by atoms with van der Waals surface area (Å²) in [6, 6.07) is 10.9. The Bertz CT molecular complexity index is 554. The highest BCUT2D eigenvalue weighted by Gasteiger charge is 2.01. The maximum absolute atomic E-state index is 10.9. The lowest BCUT2D eigenvalue weighted by atomic mass is 10.2. The molecule has 0 aliphatic rings. The van der Waals surface area contributed by atoms with Crippen molar-refractivity contribution in [1.29, 1.82) is 0 Å². The van der Waals surface area contributed by atoms with Gasteiger partial charge in [-0.1, -0.05) is 23.7 Å². The van der Waals surface area contributed by atoms with Crippen molar-refractivity contribution in [3.63, 3.8) is 0 Å². The average molecular weight is 262 g/mol. The Kier molecular flexibility index (Phi) is 3.79. The number of halogens is 1. The van der Waals surface area contributed by atoms with E-state index in [1.807, 2.05) is 24.3 Å². The molecule has 0 spiro atoms. The second-order valence-corrected chi connectivity index (χ2v) is 4.22. The third-order valence-corrected chi connectivity index (χ3v) is 2.65. The van der Waals surface area contributed by atoms with Gasteiger partial charge in [0.15, 0.2) is 0 Å². The minimum atomic E-state index is -0.483. The van der Waals surface area contributed by atoms with Crippen molar-refractivity contribution in [3.05, 3.63) is 58.7 Å². The van der Waals surface area contributed by atoms with Crippen LogP contribution < -0.4 is 11.1 Å². The second kappa shape index (κ2) is 5.51. The highest BCUT2D eigenvalue weighted by molar-refractivity contribution is 6.30. The Morgan fingerprint density at radius 1 is 1.33 bits per heavy atom. The molecule has 0 atom stereocenters. The number of carbonyl (C=O) groups excluding carboxylic acids is 1. The van der Waals surface area contributed by atoms with Gasteiger partial charge in [-0.05, 0) is 29.8 Å². The van der Waals surface area contributed by atoms with Gasteiger partial charge in [-0.3, -0.25) is 4.79 Å². The first-order valence-electron chi connectivity index (χ1n) is 5.39.